The second kappa shape index (κ2) is 9.85. The summed E-state index contributed by atoms with van der Waals surface area (Å²) in [6.45, 7) is 7.52. The van der Waals surface area contributed by atoms with Crippen molar-refractivity contribution in [3.63, 3.8) is 0 Å². The smallest absolute Gasteiger partial charge is 0.186 e. The maximum absolute atomic E-state index is 13.3. The van der Waals surface area contributed by atoms with Crippen molar-refractivity contribution < 1.29 is 4.79 Å². The number of piperidine rings is 1. The normalized spacial score (nSPS) is 16.1. The lowest BCUT2D eigenvalue weighted by atomic mass is 9.94. The highest BCUT2D eigenvalue weighted by atomic mass is 16.1. The van der Waals surface area contributed by atoms with Crippen LogP contribution in [-0.2, 0) is 13.0 Å². The van der Waals surface area contributed by atoms with E-state index in [-0.39, 0.29) is 11.7 Å². The summed E-state index contributed by atoms with van der Waals surface area (Å²) in [7, 11) is 0. The third-order valence-electron chi connectivity index (χ3n) is 6.95. The topological polar surface area (TPSA) is 74.8 Å². The zero-order valence-electron chi connectivity index (χ0n) is 19.9. The molecular weight excluding hydrogens is 422 g/mol. The lowest BCUT2D eigenvalue weighted by Crippen LogP contribution is -2.32. The molecule has 6 heteroatoms. The number of carbonyl (C=O) groups excluding carboxylic acids is 1. The lowest BCUT2D eigenvalue weighted by Gasteiger charge is -2.30. The predicted molar refractivity (Wildman–Crippen MR) is 134 cm³/mol. The van der Waals surface area contributed by atoms with E-state index in [1.807, 2.05) is 37.5 Å². The zero-order valence-corrected chi connectivity index (χ0v) is 19.9. The summed E-state index contributed by atoms with van der Waals surface area (Å²) in [5, 5.41) is 8.28. The van der Waals surface area contributed by atoms with Crippen LogP contribution in [0.15, 0.2) is 61.2 Å². The second-order valence-electron chi connectivity index (χ2n) is 9.70. The number of pyridine rings is 2. The summed E-state index contributed by atoms with van der Waals surface area (Å²) in [5.41, 5.74) is 5.81. The van der Waals surface area contributed by atoms with Crippen molar-refractivity contribution in [1.82, 2.24) is 25.1 Å². The van der Waals surface area contributed by atoms with E-state index in [9.17, 15) is 4.79 Å². The maximum atomic E-state index is 13.3. The van der Waals surface area contributed by atoms with Crippen LogP contribution >= 0.6 is 0 Å². The van der Waals surface area contributed by atoms with Gasteiger partial charge in [0.1, 0.15) is 5.69 Å². The molecule has 6 nitrogen and oxygen atoms in total. The number of Topliss-reactive ketones (excluding diaryl/α,β-unsaturated/α-hetero) is 1. The summed E-state index contributed by atoms with van der Waals surface area (Å²) in [4.78, 5) is 24.3. The minimum atomic E-state index is -0.171. The summed E-state index contributed by atoms with van der Waals surface area (Å²) >= 11 is 0. The molecule has 3 aromatic heterocycles. The van der Waals surface area contributed by atoms with E-state index in [0.717, 1.165) is 53.1 Å². The number of hydrogen-bond donors (Lipinski definition) is 1. The lowest BCUT2D eigenvalue weighted by molar-refractivity contribution is 0.0926. The van der Waals surface area contributed by atoms with Crippen molar-refractivity contribution in [2.45, 2.75) is 39.7 Å². The SMILES string of the molecule is CC1CCN(Cc2cncc(-c3ccc4[nH]nc(C(=O)C(C)Cc5ccncc5)c4c3)c2)CC1. The molecule has 174 valence electrons. The highest BCUT2D eigenvalue weighted by Crippen LogP contribution is 2.28. The van der Waals surface area contributed by atoms with Crippen LogP contribution in [0.4, 0.5) is 0 Å². The Labute approximate surface area is 200 Å². The first kappa shape index (κ1) is 22.4. The average molecular weight is 454 g/mol. The Morgan fingerprint density at radius 1 is 1.03 bits per heavy atom. The number of aromatic amines is 1. The molecule has 1 fully saturated rings. The number of benzene rings is 1. The number of likely N-dealkylation sites (tertiary alicyclic amines) is 1. The Morgan fingerprint density at radius 2 is 1.82 bits per heavy atom. The van der Waals surface area contributed by atoms with E-state index in [1.165, 1.54) is 18.4 Å². The number of fused-ring (bicyclic) bond motifs is 1. The predicted octanol–water partition coefficient (Wildman–Crippen LogP) is 5.31. The largest absolute Gasteiger partial charge is 0.299 e. The maximum Gasteiger partial charge on any atom is 0.186 e. The van der Waals surface area contributed by atoms with Crippen LogP contribution in [0.2, 0.25) is 0 Å². The molecule has 1 aromatic carbocycles. The van der Waals surface area contributed by atoms with Gasteiger partial charge in [0.15, 0.2) is 5.78 Å². The Bertz CT molecular complexity index is 1270. The van der Waals surface area contributed by atoms with Gasteiger partial charge in [0, 0.05) is 48.2 Å². The summed E-state index contributed by atoms with van der Waals surface area (Å²) in [5.74, 6) is 0.702. The van der Waals surface area contributed by atoms with Crippen LogP contribution in [0, 0.1) is 11.8 Å². The van der Waals surface area contributed by atoms with E-state index in [2.05, 4.69) is 50.2 Å². The number of rotatable bonds is 7. The zero-order chi connectivity index (χ0) is 23.5. The van der Waals surface area contributed by atoms with E-state index in [4.69, 9.17) is 0 Å². The van der Waals surface area contributed by atoms with Gasteiger partial charge in [0.2, 0.25) is 0 Å². The minimum absolute atomic E-state index is 0.0476. The molecule has 0 radical (unpaired) electrons. The number of nitrogens with zero attached hydrogens (tertiary/aromatic N) is 4. The fraction of sp³-hybridized carbons (Fsp3) is 0.357. The van der Waals surface area contributed by atoms with Gasteiger partial charge in [-0.05, 0) is 85.3 Å². The molecular formula is C28H31N5O. The van der Waals surface area contributed by atoms with Gasteiger partial charge in [-0.2, -0.15) is 5.10 Å². The van der Waals surface area contributed by atoms with Crippen molar-refractivity contribution in [3.05, 3.63) is 78.0 Å². The van der Waals surface area contributed by atoms with Crippen molar-refractivity contribution in [2.24, 2.45) is 11.8 Å². The molecule has 0 aliphatic carbocycles. The average Bonchev–Trinajstić information content (AvgIpc) is 3.29. The molecule has 1 atom stereocenters. The Balaban J connectivity index is 1.37. The quantitative estimate of drug-likeness (QED) is 0.384. The number of carbonyl (C=O) groups is 1. The third-order valence-corrected chi connectivity index (χ3v) is 6.95. The van der Waals surface area contributed by atoms with Gasteiger partial charge in [0.05, 0.1) is 5.52 Å². The number of nitrogens with one attached hydrogen (secondary N) is 1. The summed E-state index contributed by atoms with van der Waals surface area (Å²) in [6.07, 6.45) is 10.6. The highest BCUT2D eigenvalue weighted by Gasteiger charge is 2.21. The molecule has 1 aliphatic heterocycles. The molecule has 1 N–H and O–H groups in total. The molecule has 34 heavy (non-hydrogen) atoms. The van der Waals surface area contributed by atoms with E-state index in [0.29, 0.717) is 12.1 Å². The molecule has 5 rings (SSSR count). The molecule has 4 aromatic rings. The van der Waals surface area contributed by atoms with Gasteiger partial charge in [-0.3, -0.25) is 24.8 Å². The monoisotopic (exact) mass is 453 g/mol. The number of H-pyrrole nitrogens is 1. The van der Waals surface area contributed by atoms with Crippen LogP contribution in [0.3, 0.4) is 0 Å². The first-order valence-electron chi connectivity index (χ1n) is 12.1. The van der Waals surface area contributed by atoms with Crippen LogP contribution in [-0.4, -0.2) is 43.9 Å². The molecule has 0 amide bonds. The van der Waals surface area contributed by atoms with E-state index < -0.39 is 0 Å². The highest BCUT2D eigenvalue weighted by molar-refractivity contribution is 6.07. The number of aromatic nitrogens is 4. The standard InChI is InChI=1S/C28H31N5O/c1-19-7-11-33(12-8-19)18-22-14-24(17-30-16-22)23-3-4-26-25(15-23)27(32-31-26)28(34)20(2)13-21-5-9-29-10-6-21/h3-6,9-10,14-17,19-20H,7-8,11-13,18H2,1-2H3,(H,31,32). The van der Waals surface area contributed by atoms with Gasteiger partial charge in [0.25, 0.3) is 0 Å². The molecule has 1 unspecified atom stereocenters. The molecule has 1 saturated heterocycles. The van der Waals surface area contributed by atoms with Crippen molar-refractivity contribution in [1.29, 1.82) is 0 Å². The van der Waals surface area contributed by atoms with Gasteiger partial charge in [-0.25, -0.2) is 0 Å². The Hall–Kier alpha value is -3.38. The van der Waals surface area contributed by atoms with E-state index >= 15 is 0 Å². The minimum Gasteiger partial charge on any atom is -0.299 e. The van der Waals surface area contributed by atoms with Gasteiger partial charge in [-0.15, -0.1) is 0 Å². The molecule has 0 saturated carbocycles. The van der Waals surface area contributed by atoms with Gasteiger partial charge >= 0.3 is 0 Å². The Kier molecular flexibility index (Phi) is 6.50. The third kappa shape index (κ3) is 4.92. The van der Waals surface area contributed by atoms with E-state index in [1.54, 1.807) is 12.4 Å². The number of hydrogen-bond acceptors (Lipinski definition) is 5. The first-order chi connectivity index (χ1) is 16.6. The number of ketones is 1. The van der Waals surface area contributed by atoms with Crippen LogP contribution in [0.25, 0.3) is 22.0 Å². The van der Waals surface area contributed by atoms with Crippen LogP contribution < -0.4 is 0 Å². The Morgan fingerprint density at radius 3 is 2.62 bits per heavy atom. The second-order valence-corrected chi connectivity index (χ2v) is 9.70. The van der Waals surface area contributed by atoms with Crippen molar-refractivity contribution in [2.75, 3.05) is 13.1 Å². The van der Waals surface area contributed by atoms with Crippen molar-refractivity contribution in [3.8, 4) is 11.1 Å². The van der Waals surface area contributed by atoms with Gasteiger partial charge in [-0.1, -0.05) is 19.9 Å². The van der Waals surface area contributed by atoms with Gasteiger partial charge < -0.3 is 0 Å². The molecule has 0 spiro atoms. The van der Waals surface area contributed by atoms with Crippen LogP contribution in [0.5, 0.6) is 0 Å². The molecule has 0 bridgehead atoms. The fourth-order valence-electron chi connectivity index (χ4n) is 4.79. The molecule has 1 aliphatic rings. The van der Waals surface area contributed by atoms with Crippen LogP contribution in [0.1, 0.15) is 48.3 Å². The fourth-order valence-corrected chi connectivity index (χ4v) is 4.79. The molecule has 4 heterocycles. The van der Waals surface area contributed by atoms with Crippen molar-refractivity contribution >= 4 is 16.7 Å². The first-order valence-corrected chi connectivity index (χ1v) is 12.1. The summed E-state index contributed by atoms with van der Waals surface area (Å²) < 4.78 is 0. The summed E-state index contributed by atoms with van der Waals surface area (Å²) in [6, 6.07) is 12.3.